The average Bonchev–Trinajstić information content (AvgIpc) is 2.83. The number of carbonyl (C=O) groups excluding carboxylic acids is 1. The Hall–Kier alpha value is -1.25. The zero-order valence-corrected chi connectivity index (χ0v) is 15.3. The van der Waals surface area contributed by atoms with Gasteiger partial charge in [0.05, 0.1) is 26.4 Å². The highest BCUT2D eigenvalue weighted by molar-refractivity contribution is 7.99. The number of methoxy groups -OCH3 is 1. The second-order valence-corrected chi connectivity index (χ2v) is 7.37. The van der Waals surface area contributed by atoms with E-state index in [4.69, 9.17) is 9.47 Å². The number of carbonyl (C=O) groups is 1. The van der Waals surface area contributed by atoms with Gasteiger partial charge >= 0.3 is 0 Å². The summed E-state index contributed by atoms with van der Waals surface area (Å²) in [5.41, 5.74) is 0.555. The molecule has 2 aliphatic heterocycles. The third kappa shape index (κ3) is 4.04. The summed E-state index contributed by atoms with van der Waals surface area (Å²) in [6.45, 7) is 5.15. The Balaban J connectivity index is 1.76. The molecule has 1 aromatic rings. The van der Waals surface area contributed by atoms with Crippen molar-refractivity contribution in [2.45, 2.75) is 12.5 Å². The molecule has 1 amide bonds. The lowest BCUT2D eigenvalue weighted by Crippen LogP contribution is -2.50. The summed E-state index contributed by atoms with van der Waals surface area (Å²) in [6.07, 6.45) is 2.78. The minimum Gasteiger partial charge on any atom is -0.479 e. The smallest absolute Gasteiger partial charge is 0.261 e. The normalized spacial score (nSPS) is 23.1. The van der Waals surface area contributed by atoms with E-state index in [0.29, 0.717) is 11.4 Å². The molecule has 1 aromatic heterocycles. The predicted molar refractivity (Wildman–Crippen MR) is 93.8 cm³/mol. The first-order valence-electron chi connectivity index (χ1n) is 8.45. The zero-order chi connectivity index (χ0) is 16.9. The molecule has 0 bridgehead atoms. The molecule has 134 valence electrons. The molecule has 2 aliphatic rings. The first kappa shape index (κ1) is 17.6. The second kappa shape index (κ2) is 8.22. The zero-order valence-electron chi connectivity index (χ0n) is 14.4. The summed E-state index contributed by atoms with van der Waals surface area (Å²) < 4.78 is 12.4. The van der Waals surface area contributed by atoms with Crippen molar-refractivity contribution in [1.29, 1.82) is 0 Å². The Morgan fingerprint density at radius 1 is 1.42 bits per heavy atom. The van der Waals surface area contributed by atoms with Gasteiger partial charge in [-0.2, -0.15) is 11.8 Å². The van der Waals surface area contributed by atoms with Crippen molar-refractivity contribution in [2.24, 2.45) is 7.05 Å². The molecule has 2 saturated heterocycles. The van der Waals surface area contributed by atoms with E-state index in [1.165, 1.54) is 0 Å². The molecule has 8 heteroatoms. The Morgan fingerprint density at radius 2 is 2.21 bits per heavy atom. The van der Waals surface area contributed by atoms with Crippen LogP contribution in [0, 0.1) is 0 Å². The fourth-order valence-corrected chi connectivity index (χ4v) is 4.31. The monoisotopic (exact) mass is 354 g/mol. The molecule has 3 rings (SSSR count). The summed E-state index contributed by atoms with van der Waals surface area (Å²) >= 11 is 1.94. The van der Waals surface area contributed by atoms with E-state index in [1.807, 2.05) is 23.7 Å². The molecule has 0 N–H and O–H groups in total. The fraction of sp³-hybridized carbons (Fsp3) is 0.750. The molecule has 7 nitrogen and oxygen atoms in total. The van der Waals surface area contributed by atoms with E-state index in [9.17, 15) is 4.79 Å². The van der Waals surface area contributed by atoms with Gasteiger partial charge < -0.3 is 14.4 Å². The van der Waals surface area contributed by atoms with Crippen LogP contribution in [0.25, 0.3) is 0 Å². The van der Waals surface area contributed by atoms with Gasteiger partial charge in [0, 0.05) is 45.2 Å². The summed E-state index contributed by atoms with van der Waals surface area (Å²) in [5.74, 6) is 2.52. The molecular formula is C16H26N4O3S. The summed E-state index contributed by atoms with van der Waals surface area (Å²) in [5, 5.41) is 4.22. The average molecular weight is 354 g/mol. The molecule has 0 saturated carbocycles. The Bertz CT molecular complexity index is 560. The van der Waals surface area contributed by atoms with Gasteiger partial charge in [0.25, 0.3) is 5.91 Å². The third-order valence-electron chi connectivity index (χ3n) is 4.49. The molecular weight excluding hydrogens is 328 g/mol. The van der Waals surface area contributed by atoms with E-state index >= 15 is 0 Å². The van der Waals surface area contributed by atoms with Crippen molar-refractivity contribution < 1.29 is 14.3 Å². The van der Waals surface area contributed by atoms with Crippen LogP contribution < -0.4 is 4.74 Å². The quantitative estimate of drug-likeness (QED) is 0.794. The molecule has 0 radical (unpaired) electrons. The molecule has 1 atom stereocenters. The number of thioether (sulfide) groups is 1. The second-order valence-electron chi connectivity index (χ2n) is 6.22. The molecule has 0 aliphatic carbocycles. The van der Waals surface area contributed by atoms with E-state index in [0.717, 1.165) is 57.3 Å². The Morgan fingerprint density at radius 3 is 2.96 bits per heavy atom. The lowest BCUT2D eigenvalue weighted by Gasteiger charge is -2.35. The van der Waals surface area contributed by atoms with Crippen LogP contribution >= 0.6 is 11.8 Å². The number of hydrogen-bond acceptors (Lipinski definition) is 6. The van der Waals surface area contributed by atoms with Crippen molar-refractivity contribution in [3.05, 3.63) is 11.8 Å². The number of morpholine rings is 1. The van der Waals surface area contributed by atoms with Gasteiger partial charge in [0.1, 0.15) is 5.56 Å². The Labute approximate surface area is 147 Å². The Kier molecular flexibility index (Phi) is 6.02. The van der Waals surface area contributed by atoms with Crippen LogP contribution in [0.2, 0.25) is 0 Å². The number of ether oxygens (including phenoxy) is 2. The third-order valence-corrected chi connectivity index (χ3v) is 5.69. The molecule has 24 heavy (non-hydrogen) atoms. The van der Waals surface area contributed by atoms with Gasteiger partial charge in [-0.15, -0.1) is 5.10 Å². The van der Waals surface area contributed by atoms with Crippen LogP contribution in [-0.4, -0.2) is 89.5 Å². The maximum absolute atomic E-state index is 13.1. The largest absolute Gasteiger partial charge is 0.479 e. The van der Waals surface area contributed by atoms with E-state index in [1.54, 1.807) is 18.0 Å². The first-order valence-corrected chi connectivity index (χ1v) is 9.61. The van der Waals surface area contributed by atoms with Crippen molar-refractivity contribution in [3.8, 4) is 5.88 Å². The van der Waals surface area contributed by atoms with Gasteiger partial charge in [-0.3, -0.25) is 14.4 Å². The van der Waals surface area contributed by atoms with Gasteiger partial charge in [0.2, 0.25) is 5.88 Å². The van der Waals surface area contributed by atoms with Crippen molar-refractivity contribution in [2.75, 3.05) is 58.0 Å². The van der Waals surface area contributed by atoms with Crippen LogP contribution in [-0.2, 0) is 11.8 Å². The van der Waals surface area contributed by atoms with Crippen LogP contribution in [0.15, 0.2) is 6.20 Å². The summed E-state index contributed by atoms with van der Waals surface area (Å²) in [7, 11) is 3.37. The molecule has 1 unspecified atom stereocenters. The molecule has 0 aromatic carbocycles. The highest BCUT2D eigenvalue weighted by Gasteiger charge is 2.31. The van der Waals surface area contributed by atoms with E-state index < -0.39 is 0 Å². The van der Waals surface area contributed by atoms with Crippen LogP contribution in [0.5, 0.6) is 5.88 Å². The summed E-state index contributed by atoms with van der Waals surface area (Å²) in [6, 6.07) is 0.216. The van der Waals surface area contributed by atoms with Crippen molar-refractivity contribution in [3.63, 3.8) is 0 Å². The first-order chi connectivity index (χ1) is 11.7. The van der Waals surface area contributed by atoms with Gasteiger partial charge in [-0.05, 0) is 12.2 Å². The van der Waals surface area contributed by atoms with Crippen LogP contribution in [0.1, 0.15) is 16.8 Å². The van der Waals surface area contributed by atoms with Crippen molar-refractivity contribution >= 4 is 17.7 Å². The number of rotatable bonds is 4. The molecule has 3 heterocycles. The lowest BCUT2D eigenvalue weighted by molar-refractivity contribution is 0.0244. The lowest BCUT2D eigenvalue weighted by atomic mass is 10.2. The van der Waals surface area contributed by atoms with Gasteiger partial charge in [-0.1, -0.05) is 0 Å². The fourth-order valence-electron chi connectivity index (χ4n) is 3.25. The standard InChI is InChI=1S/C16H26N4O3S/c1-18-11-14(15(17-18)22-2)16(21)20-4-3-9-24-12-13(20)10-19-5-7-23-8-6-19/h11,13H,3-10,12H2,1-2H3. The van der Waals surface area contributed by atoms with Crippen LogP contribution in [0.4, 0.5) is 0 Å². The summed E-state index contributed by atoms with van der Waals surface area (Å²) in [4.78, 5) is 17.6. The topological polar surface area (TPSA) is 59.8 Å². The number of aryl methyl sites for hydroxylation is 1. The minimum atomic E-state index is 0.0284. The molecule has 2 fully saturated rings. The minimum absolute atomic E-state index is 0.0284. The van der Waals surface area contributed by atoms with E-state index in [-0.39, 0.29) is 11.9 Å². The van der Waals surface area contributed by atoms with Crippen molar-refractivity contribution in [1.82, 2.24) is 19.6 Å². The number of nitrogens with zero attached hydrogens (tertiary/aromatic N) is 4. The van der Waals surface area contributed by atoms with Gasteiger partial charge in [0.15, 0.2) is 0 Å². The number of aromatic nitrogens is 2. The highest BCUT2D eigenvalue weighted by Crippen LogP contribution is 2.23. The number of hydrogen-bond donors (Lipinski definition) is 0. The van der Waals surface area contributed by atoms with E-state index in [2.05, 4.69) is 10.00 Å². The SMILES string of the molecule is COc1nn(C)cc1C(=O)N1CCCSCC1CN1CCOCC1. The number of amides is 1. The van der Waals surface area contributed by atoms with Crippen LogP contribution in [0.3, 0.4) is 0 Å². The predicted octanol–water partition coefficient (Wildman–Crippen LogP) is 0.709. The highest BCUT2D eigenvalue weighted by atomic mass is 32.2. The molecule has 0 spiro atoms. The maximum Gasteiger partial charge on any atom is 0.261 e. The van der Waals surface area contributed by atoms with Gasteiger partial charge in [-0.25, -0.2) is 0 Å². The maximum atomic E-state index is 13.1.